The van der Waals surface area contributed by atoms with Crippen LogP contribution in [-0.2, 0) is 6.54 Å². The monoisotopic (exact) mass is 313 g/mol. The van der Waals surface area contributed by atoms with Gasteiger partial charge in [0.05, 0.1) is 16.6 Å². The summed E-state index contributed by atoms with van der Waals surface area (Å²) < 4.78 is 26.6. The number of hydrogen-bond acceptors (Lipinski definition) is 5. The van der Waals surface area contributed by atoms with Crippen LogP contribution < -0.4 is 11.1 Å². The summed E-state index contributed by atoms with van der Waals surface area (Å²) in [6.07, 6.45) is 0. The third-order valence-electron chi connectivity index (χ3n) is 2.61. The third kappa shape index (κ3) is 3.31. The van der Waals surface area contributed by atoms with Gasteiger partial charge in [0.1, 0.15) is 11.5 Å². The molecule has 0 radical (unpaired) electrons. The SMILES string of the molecule is NC(=O)c1csc(CNc2c(F)cc(F)cc2[N+](=O)[O-])c1. The number of nitrogens with two attached hydrogens (primary N) is 1. The van der Waals surface area contributed by atoms with E-state index in [1.54, 1.807) is 0 Å². The minimum Gasteiger partial charge on any atom is -0.372 e. The van der Waals surface area contributed by atoms with Crippen molar-refractivity contribution < 1.29 is 18.5 Å². The maximum atomic E-state index is 13.6. The van der Waals surface area contributed by atoms with Crippen LogP contribution in [0, 0.1) is 21.7 Å². The lowest BCUT2D eigenvalue weighted by Crippen LogP contribution is -2.09. The van der Waals surface area contributed by atoms with Crippen molar-refractivity contribution in [3.05, 3.63) is 55.8 Å². The number of carbonyl (C=O) groups is 1. The Labute approximate surface area is 121 Å². The van der Waals surface area contributed by atoms with Crippen LogP contribution in [0.5, 0.6) is 0 Å². The van der Waals surface area contributed by atoms with Crippen molar-refractivity contribution in [2.24, 2.45) is 5.73 Å². The third-order valence-corrected chi connectivity index (χ3v) is 3.55. The molecule has 0 aliphatic rings. The molecule has 0 saturated carbocycles. The number of anilines is 1. The number of nitrogens with zero attached hydrogens (tertiary/aromatic N) is 1. The zero-order valence-electron chi connectivity index (χ0n) is 10.4. The Morgan fingerprint density at radius 1 is 1.38 bits per heavy atom. The molecule has 110 valence electrons. The van der Waals surface area contributed by atoms with Gasteiger partial charge in [-0.15, -0.1) is 11.3 Å². The molecule has 2 aromatic rings. The summed E-state index contributed by atoms with van der Waals surface area (Å²) in [7, 11) is 0. The van der Waals surface area contributed by atoms with Crippen molar-refractivity contribution in [3.8, 4) is 0 Å². The van der Waals surface area contributed by atoms with Gasteiger partial charge < -0.3 is 11.1 Å². The molecule has 0 bridgehead atoms. The van der Waals surface area contributed by atoms with Gasteiger partial charge in [-0.3, -0.25) is 14.9 Å². The molecule has 0 spiro atoms. The Kier molecular flexibility index (Phi) is 4.13. The molecule has 1 aromatic heterocycles. The smallest absolute Gasteiger partial charge is 0.298 e. The topological polar surface area (TPSA) is 98.3 Å². The van der Waals surface area contributed by atoms with E-state index in [1.807, 2.05) is 0 Å². The van der Waals surface area contributed by atoms with Crippen LogP contribution in [0.1, 0.15) is 15.2 Å². The normalized spacial score (nSPS) is 10.4. The number of nitro groups is 1. The molecule has 21 heavy (non-hydrogen) atoms. The minimum absolute atomic E-state index is 0.0430. The number of rotatable bonds is 5. The van der Waals surface area contributed by atoms with Crippen LogP contribution >= 0.6 is 11.3 Å². The van der Waals surface area contributed by atoms with E-state index < -0.39 is 33.8 Å². The number of halogens is 2. The van der Waals surface area contributed by atoms with E-state index in [9.17, 15) is 23.7 Å². The van der Waals surface area contributed by atoms with Crippen LogP contribution in [0.3, 0.4) is 0 Å². The first-order chi connectivity index (χ1) is 9.88. The second-order valence-electron chi connectivity index (χ2n) is 4.06. The summed E-state index contributed by atoms with van der Waals surface area (Å²) in [5.74, 6) is -2.69. The summed E-state index contributed by atoms with van der Waals surface area (Å²) >= 11 is 1.19. The van der Waals surface area contributed by atoms with Crippen LogP contribution in [0.2, 0.25) is 0 Å². The summed E-state index contributed by atoms with van der Waals surface area (Å²) in [5, 5.41) is 14.9. The van der Waals surface area contributed by atoms with Gasteiger partial charge in [-0.05, 0) is 6.07 Å². The van der Waals surface area contributed by atoms with Crippen molar-refractivity contribution in [1.82, 2.24) is 0 Å². The van der Waals surface area contributed by atoms with Crippen LogP contribution in [0.25, 0.3) is 0 Å². The van der Waals surface area contributed by atoms with Crippen LogP contribution in [0.4, 0.5) is 20.2 Å². The quantitative estimate of drug-likeness (QED) is 0.655. The van der Waals surface area contributed by atoms with E-state index in [0.717, 1.165) is 0 Å². The van der Waals surface area contributed by atoms with Crippen molar-refractivity contribution in [3.63, 3.8) is 0 Å². The Balaban J connectivity index is 2.23. The first-order valence-corrected chi connectivity index (χ1v) is 6.51. The molecule has 0 aliphatic carbocycles. The number of nitrogens with one attached hydrogen (secondary N) is 1. The number of primary amides is 1. The molecular weight excluding hydrogens is 304 g/mol. The van der Waals surface area contributed by atoms with Gasteiger partial charge >= 0.3 is 0 Å². The lowest BCUT2D eigenvalue weighted by atomic mass is 10.2. The standard InChI is InChI=1S/C12H9F2N3O3S/c13-7-2-9(14)11(10(3-7)17(19)20)16-4-8-1-6(5-21-8)12(15)18/h1-3,5,16H,4H2,(H2,15,18). The highest BCUT2D eigenvalue weighted by Crippen LogP contribution is 2.29. The van der Waals surface area contributed by atoms with E-state index in [2.05, 4.69) is 5.32 Å². The Hall–Kier alpha value is -2.55. The summed E-state index contributed by atoms with van der Waals surface area (Å²) in [5.41, 5.74) is 4.29. The van der Waals surface area contributed by atoms with Gasteiger partial charge in [-0.2, -0.15) is 0 Å². The highest BCUT2D eigenvalue weighted by molar-refractivity contribution is 7.10. The molecule has 3 N–H and O–H groups in total. The summed E-state index contributed by atoms with van der Waals surface area (Å²) in [6, 6.07) is 2.68. The molecule has 0 fully saturated rings. The lowest BCUT2D eigenvalue weighted by Gasteiger charge is -2.07. The van der Waals surface area contributed by atoms with E-state index in [1.165, 1.54) is 22.8 Å². The van der Waals surface area contributed by atoms with Crippen molar-refractivity contribution in [2.75, 3.05) is 5.32 Å². The number of amides is 1. The molecule has 1 aromatic carbocycles. The molecule has 9 heteroatoms. The Morgan fingerprint density at radius 3 is 2.67 bits per heavy atom. The number of thiophene rings is 1. The van der Waals surface area contributed by atoms with E-state index in [4.69, 9.17) is 5.73 Å². The molecule has 1 amide bonds. The second kappa shape index (κ2) is 5.83. The molecule has 0 atom stereocenters. The number of nitro benzene ring substituents is 1. The van der Waals surface area contributed by atoms with E-state index in [-0.39, 0.29) is 6.54 Å². The lowest BCUT2D eigenvalue weighted by molar-refractivity contribution is -0.384. The number of carbonyl (C=O) groups excluding carboxylic acids is 1. The minimum atomic E-state index is -1.06. The first kappa shape index (κ1) is 14.9. The zero-order chi connectivity index (χ0) is 15.6. The maximum absolute atomic E-state index is 13.6. The van der Waals surface area contributed by atoms with Gasteiger partial charge in [-0.1, -0.05) is 0 Å². The average Bonchev–Trinajstić information content (AvgIpc) is 2.85. The predicted molar refractivity (Wildman–Crippen MR) is 73.2 cm³/mol. The maximum Gasteiger partial charge on any atom is 0.298 e. The molecule has 0 unspecified atom stereocenters. The van der Waals surface area contributed by atoms with Gasteiger partial charge in [0.2, 0.25) is 5.91 Å². The fraction of sp³-hybridized carbons (Fsp3) is 0.0833. The molecule has 0 aliphatic heterocycles. The number of benzene rings is 1. The highest BCUT2D eigenvalue weighted by Gasteiger charge is 2.20. The Bertz CT molecular complexity index is 718. The predicted octanol–water partition coefficient (Wildman–Crippen LogP) is 2.65. The van der Waals surface area contributed by atoms with Gasteiger partial charge in [0.15, 0.2) is 5.82 Å². The van der Waals surface area contributed by atoms with Crippen molar-refractivity contribution in [1.29, 1.82) is 0 Å². The summed E-state index contributed by atoms with van der Waals surface area (Å²) in [6.45, 7) is 0.0430. The van der Waals surface area contributed by atoms with Crippen LogP contribution in [0.15, 0.2) is 23.6 Å². The highest BCUT2D eigenvalue weighted by atomic mass is 32.1. The van der Waals surface area contributed by atoms with Crippen molar-refractivity contribution in [2.45, 2.75) is 6.54 Å². The van der Waals surface area contributed by atoms with Gasteiger partial charge in [-0.25, -0.2) is 8.78 Å². The molecule has 6 nitrogen and oxygen atoms in total. The molecule has 2 rings (SSSR count). The van der Waals surface area contributed by atoms with E-state index >= 15 is 0 Å². The van der Waals surface area contributed by atoms with Gasteiger partial charge in [0.25, 0.3) is 5.69 Å². The molecule has 1 heterocycles. The van der Waals surface area contributed by atoms with Crippen molar-refractivity contribution >= 4 is 28.6 Å². The Morgan fingerprint density at radius 2 is 2.10 bits per heavy atom. The number of hydrogen-bond donors (Lipinski definition) is 2. The zero-order valence-corrected chi connectivity index (χ0v) is 11.2. The van der Waals surface area contributed by atoms with E-state index in [0.29, 0.717) is 22.6 Å². The van der Waals surface area contributed by atoms with Crippen LogP contribution in [-0.4, -0.2) is 10.8 Å². The average molecular weight is 313 g/mol. The largest absolute Gasteiger partial charge is 0.372 e. The second-order valence-corrected chi connectivity index (χ2v) is 5.05. The molecular formula is C12H9F2N3O3S. The van der Waals surface area contributed by atoms with Gasteiger partial charge in [0, 0.05) is 22.9 Å². The first-order valence-electron chi connectivity index (χ1n) is 5.63. The fourth-order valence-electron chi connectivity index (χ4n) is 1.66. The molecule has 0 saturated heterocycles. The fourth-order valence-corrected chi connectivity index (χ4v) is 2.47. The summed E-state index contributed by atoms with van der Waals surface area (Å²) in [4.78, 5) is 21.5.